The highest BCUT2D eigenvalue weighted by Gasteiger charge is 2.28. The van der Waals surface area contributed by atoms with E-state index in [9.17, 15) is 14.3 Å². The molecule has 3 aromatic rings. The summed E-state index contributed by atoms with van der Waals surface area (Å²) in [5.41, 5.74) is 2.94. The second kappa shape index (κ2) is 7.99. The fraction of sp³-hybridized carbons (Fsp3) is 0.455. The van der Waals surface area contributed by atoms with Gasteiger partial charge in [-0.2, -0.15) is 5.10 Å². The van der Waals surface area contributed by atoms with Gasteiger partial charge >= 0.3 is 0 Å². The molecule has 1 amide bonds. The van der Waals surface area contributed by atoms with E-state index in [1.807, 2.05) is 17.6 Å². The first-order valence-electron chi connectivity index (χ1n) is 10.3. The van der Waals surface area contributed by atoms with Crippen molar-refractivity contribution in [3.8, 4) is 0 Å². The summed E-state index contributed by atoms with van der Waals surface area (Å²) < 4.78 is 16.8. The van der Waals surface area contributed by atoms with Gasteiger partial charge in [0.2, 0.25) is 0 Å². The third kappa shape index (κ3) is 3.55. The van der Waals surface area contributed by atoms with E-state index in [1.165, 1.54) is 6.07 Å². The molecular formula is C22H27FN4O2. The first-order valence-corrected chi connectivity index (χ1v) is 10.3. The number of nitrogens with zero attached hydrogens (tertiary/aromatic N) is 2. The van der Waals surface area contributed by atoms with Gasteiger partial charge in [-0.1, -0.05) is 25.8 Å². The number of fused-ring (bicyclic) bond motifs is 1. The summed E-state index contributed by atoms with van der Waals surface area (Å²) in [4.78, 5) is 13.1. The second-order valence-corrected chi connectivity index (χ2v) is 7.89. The van der Waals surface area contributed by atoms with E-state index in [0.29, 0.717) is 22.9 Å². The van der Waals surface area contributed by atoms with Crippen molar-refractivity contribution in [1.82, 2.24) is 20.1 Å². The molecule has 1 aromatic carbocycles. The predicted molar refractivity (Wildman–Crippen MR) is 109 cm³/mol. The molecule has 3 atom stereocenters. The van der Waals surface area contributed by atoms with Crippen molar-refractivity contribution in [2.75, 3.05) is 0 Å². The molecule has 2 aromatic heterocycles. The largest absolute Gasteiger partial charge is 0.391 e. The molecule has 0 bridgehead atoms. The Morgan fingerprint density at radius 1 is 1.41 bits per heavy atom. The van der Waals surface area contributed by atoms with Crippen molar-refractivity contribution in [2.24, 2.45) is 0 Å². The van der Waals surface area contributed by atoms with E-state index in [-0.39, 0.29) is 18.0 Å². The Morgan fingerprint density at radius 2 is 2.21 bits per heavy atom. The van der Waals surface area contributed by atoms with Gasteiger partial charge < -0.3 is 15.0 Å². The zero-order valence-corrected chi connectivity index (χ0v) is 16.8. The number of rotatable bonds is 5. The minimum absolute atomic E-state index is 0.0696. The molecule has 7 heteroatoms. The molecule has 1 aliphatic rings. The highest BCUT2D eigenvalue weighted by molar-refractivity contribution is 6.07. The van der Waals surface area contributed by atoms with Gasteiger partial charge in [-0.25, -0.2) is 4.39 Å². The SMILES string of the molecule is CCC(c1cn[nH]c1C)n1cc(C(=O)N[C@H]2CCCC[C@@H]2O)c2c(F)cccc21. The number of carbonyl (C=O) groups excluding carboxylic acids is 1. The van der Waals surface area contributed by atoms with Gasteiger partial charge in [-0.15, -0.1) is 0 Å². The van der Waals surface area contributed by atoms with Crippen LogP contribution in [-0.4, -0.2) is 37.9 Å². The molecule has 0 radical (unpaired) electrons. The second-order valence-electron chi connectivity index (χ2n) is 7.89. The number of aryl methyl sites for hydroxylation is 1. The fourth-order valence-electron chi connectivity index (χ4n) is 4.49. The van der Waals surface area contributed by atoms with Crippen LogP contribution in [0.4, 0.5) is 4.39 Å². The summed E-state index contributed by atoms with van der Waals surface area (Å²) in [7, 11) is 0. The summed E-state index contributed by atoms with van der Waals surface area (Å²) in [6.07, 6.45) is 7.08. The molecule has 3 N–H and O–H groups in total. The number of aromatic nitrogens is 3. The lowest BCUT2D eigenvalue weighted by Gasteiger charge is -2.28. The van der Waals surface area contributed by atoms with Crippen LogP contribution >= 0.6 is 0 Å². The minimum atomic E-state index is -0.553. The van der Waals surface area contributed by atoms with Crippen molar-refractivity contribution < 1.29 is 14.3 Å². The maximum Gasteiger partial charge on any atom is 0.253 e. The van der Waals surface area contributed by atoms with Crippen molar-refractivity contribution >= 4 is 16.8 Å². The number of benzene rings is 1. The first-order chi connectivity index (χ1) is 14.0. The number of nitrogens with one attached hydrogen (secondary N) is 2. The number of hydrogen-bond donors (Lipinski definition) is 3. The standard InChI is InChI=1S/C22H27FN4O2/c1-3-18(14-11-24-26-13(14)2)27-12-15(21-16(23)7-6-9-19(21)27)22(29)25-17-8-4-5-10-20(17)28/h6-7,9,11-12,17-18,20,28H,3-5,8,10H2,1-2H3,(H,24,26)(H,25,29)/t17-,18?,20-/m0/s1. The normalized spacial score (nSPS) is 20.7. The average Bonchev–Trinajstić information content (AvgIpc) is 3.30. The van der Waals surface area contributed by atoms with Crippen molar-refractivity contribution in [2.45, 2.75) is 64.1 Å². The van der Waals surface area contributed by atoms with Crippen molar-refractivity contribution in [3.63, 3.8) is 0 Å². The quantitative estimate of drug-likeness (QED) is 0.611. The van der Waals surface area contributed by atoms with Gasteiger partial charge in [0, 0.05) is 22.8 Å². The molecule has 154 valence electrons. The number of halogens is 1. The van der Waals surface area contributed by atoms with Gasteiger partial charge in [0.05, 0.1) is 35.5 Å². The van der Waals surface area contributed by atoms with Gasteiger partial charge in [-0.3, -0.25) is 9.89 Å². The van der Waals surface area contributed by atoms with Gasteiger partial charge in [0.25, 0.3) is 5.91 Å². The molecule has 6 nitrogen and oxygen atoms in total. The van der Waals surface area contributed by atoms with Crippen LogP contribution < -0.4 is 5.32 Å². The number of amides is 1. The average molecular weight is 398 g/mol. The van der Waals surface area contributed by atoms with E-state index in [1.54, 1.807) is 18.5 Å². The first kappa shape index (κ1) is 19.6. The molecule has 1 saturated carbocycles. The zero-order chi connectivity index (χ0) is 20.5. The topological polar surface area (TPSA) is 82.9 Å². The highest BCUT2D eigenvalue weighted by atomic mass is 19.1. The van der Waals surface area contributed by atoms with Gasteiger partial charge in [0.15, 0.2) is 0 Å². The summed E-state index contributed by atoms with van der Waals surface area (Å²) in [6.45, 7) is 4.01. The Bertz CT molecular complexity index is 1030. The molecule has 1 fully saturated rings. The fourth-order valence-corrected chi connectivity index (χ4v) is 4.49. The monoisotopic (exact) mass is 398 g/mol. The van der Waals surface area contributed by atoms with Gasteiger partial charge in [0.1, 0.15) is 5.82 Å². The van der Waals surface area contributed by atoms with Crippen LogP contribution in [0.5, 0.6) is 0 Å². The lowest BCUT2D eigenvalue weighted by atomic mass is 9.92. The lowest BCUT2D eigenvalue weighted by Crippen LogP contribution is -2.45. The summed E-state index contributed by atoms with van der Waals surface area (Å²) >= 11 is 0. The Kier molecular flexibility index (Phi) is 5.41. The molecule has 0 saturated heterocycles. The number of hydrogen-bond acceptors (Lipinski definition) is 3. The lowest BCUT2D eigenvalue weighted by molar-refractivity contribution is 0.0718. The third-order valence-electron chi connectivity index (χ3n) is 6.05. The maximum absolute atomic E-state index is 14.8. The number of aromatic amines is 1. The predicted octanol–water partition coefficient (Wildman–Crippen LogP) is 3.84. The highest BCUT2D eigenvalue weighted by Crippen LogP contribution is 2.32. The van der Waals surface area contributed by atoms with Crippen LogP contribution in [0.1, 0.15) is 66.7 Å². The van der Waals surface area contributed by atoms with Crippen LogP contribution in [0, 0.1) is 12.7 Å². The Hall–Kier alpha value is -2.67. The van der Waals surface area contributed by atoms with Crippen LogP contribution in [-0.2, 0) is 0 Å². The summed E-state index contributed by atoms with van der Waals surface area (Å²) in [6, 6.07) is 4.51. The smallest absolute Gasteiger partial charge is 0.253 e. The van der Waals surface area contributed by atoms with Crippen molar-refractivity contribution in [1.29, 1.82) is 0 Å². The zero-order valence-electron chi connectivity index (χ0n) is 16.8. The van der Waals surface area contributed by atoms with E-state index in [4.69, 9.17) is 0 Å². The van der Waals surface area contributed by atoms with E-state index < -0.39 is 11.9 Å². The van der Waals surface area contributed by atoms with E-state index in [2.05, 4.69) is 22.4 Å². The van der Waals surface area contributed by atoms with E-state index in [0.717, 1.165) is 36.9 Å². The Labute approximate surface area is 169 Å². The Morgan fingerprint density at radius 3 is 2.90 bits per heavy atom. The molecule has 0 aliphatic heterocycles. The molecule has 0 spiro atoms. The number of aliphatic hydroxyl groups excluding tert-OH is 1. The summed E-state index contributed by atoms with van der Waals surface area (Å²) in [5, 5.41) is 20.5. The van der Waals surface area contributed by atoms with Crippen LogP contribution in [0.15, 0.2) is 30.6 Å². The number of aliphatic hydroxyl groups is 1. The third-order valence-corrected chi connectivity index (χ3v) is 6.05. The molecule has 4 rings (SSSR count). The van der Waals surface area contributed by atoms with Crippen molar-refractivity contribution in [3.05, 3.63) is 53.2 Å². The number of H-pyrrole nitrogens is 1. The molecule has 29 heavy (non-hydrogen) atoms. The summed E-state index contributed by atoms with van der Waals surface area (Å²) in [5.74, 6) is -0.766. The molecule has 1 aliphatic carbocycles. The van der Waals surface area contributed by atoms with Crippen LogP contribution in [0.25, 0.3) is 10.9 Å². The maximum atomic E-state index is 14.8. The number of carbonyl (C=O) groups is 1. The molecular weight excluding hydrogens is 371 g/mol. The molecule has 2 heterocycles. The van der Waals surface area contributed by atoms with E-state index >= 15 is 0 Å². The minimum Gasteiger partial charge on any atom is -0.391 e. The van der Waals surface area contributed by atoms with Crippen LogP contribution in [0.3, 0.4) is 0 Å². The molecule has 1 unspecified atom stereocenters. The van der Waals surface area contributed by atoms with Crippen LogP contribution in [0.2, 0.25) is 0 Å². The van der Waals surface area contributed by atoms with Gasteiger partial charge in [-0.05, 0) is 38.3 Å². The Balaban J connectivity index is 1.77.